The van der Waals surface area contributed by atoms with Gasteiger partial charge in [0.05, 0.1) is 12.7 Å². The number of rotatable bonds is 1. The Kier molecular flexibility index (Phi) is 3.28. The van der Waals surface area contributed by atoms with E-state index in [1.165, 1.54) is 44.9 Å². The number of fused-ring (bicyclic) bond motifs is 5. The van der Waals surface area contributed by atoms with Gasteiger partial charge in [0.2, 0.25) is 0 Å². The van der Waals surface area contributed by atoms with E-state index in [0.29, 0.717) is 18.4 Å². The number of aliphatic hydroxyl groups is 2. The Morgan fingerprint density at radius 2 is 2.00 bits per heavy atom. The molecule has 4 aliphatic carbocycles. The lowest BCUT2D eigenvalue weighted by Gasteiger charge is -2.58. The Bertz CT molecular complexity index is 456. The van der Waals surface area contributed by atoms with E-state index in [-0.39, 0.29) is 16.9 Å². The lowest BCUT2D eigenvalue weighted by molar-refractivity contribution is -0.0903. The maximum absolute atomic E-state index is 10.5. The Morgan fingerprint density at radius 1 is 1.14 bits per heavy atom. The standard InChI is InChI=1S/C19H30O2/c1-18-11-9-16-14(15(18)7-8-17(18)21)6-5-13-4-2-3-10-19(13,16)12-20/h4,14-17,20-21H,2-3,5-12H2,1H3/t14-,15-,16+,17?,18-,19+/m0/s1. The van der Waals surface area contributed by atoms with Crippen LogP contribution in [0.25, 0.3) is 0 Å². The van der Waals surface area contributed by atoms with E-state index in [1.54, 1.807) is 5.57 Å². The SMILES string of the molecule is C[C@]12CC[C@@H]3[C@@H](CCC4=CCCC[C@@]43CO)[C@@H]1CCC2O. The topological polar surface area (TPSA) is 40.5 Å². The highest BCUT2D eigenvalue weighted by atomic mass is 16.3. The summed E-state index contributed by atoms with van der Waals surface area (Å²) in [5.41, 5.74) is 1.85. The van der Waals surface area contributed by atoms with E-state index in [1.807, 2.05) is 0 Å². The summed E-state index contributed by atoms with van der Waals surface area (Å²) in [7, 11) is 0. The second kappa shape index (κ2) is 4.83. The molecule has 3 fully saturated rings. The summed E-state index contributed by atoms with van der Waals surface area (Å²) in [4.78, 5) is 0. The highest BCUT2D eigenvalue weighted by molar-refractivity contribution is 5.25. The second-order valence-corrected chi connectivity index (χ2v) is 8.49. The quantitative estimate of drug-likeness (QED) is 0.723. The van der Waals surface area contributed by atoms with Gasteiger partial charge in [-0.2, -0.15) is 0 Å². The largest absolute Gasteiger partial charge is 0.395 e. The van der Waals surface area contributed by atoms with Gasteiger partial charge in [0.15, 0.2) is 0 Å². The molecule has 21 heavy (non-hydrogen) atoms. The minimum atomic E-state index is -0.0863. The fraction of sp³-hybridized carbons (Fsp3) is 0.895. The summed E-state index contributed by atoms with van der Waals surface area (Å²) in [6.45, 7) is 2.69. The van der Waals surface area contributed by atoms with Gasteiger partial charge in [0.1, 0.15) is 0 Å². The zero-order chi connectivity index (χ0) is 14.7. The van der Waals surface area contributed by atoms with Crippen molar-refractivity contribution in [2.75, 3.05) is 6.61 Å². The zero-order valence-corrected chi connectivity index (χ0v) is 13.4. The molecule has 6 atom stereocenters. The lowest BCUT2D eigenvalue weighted by atomic mass is 9.47. The summed E-state index contributed by atoms with van der Waals surface area (Å²) < 4.78 is 0. The normalized spacial score (nSPS) is 52.6. The maximum Gasteiger partial charge on any atom is 0.0596 e. The fourth-order valence-electron chi connectivity index (χ4n) is 6.80. The van der Waals surface area contributed by atoms with Crippen molar-refractivity contribution in [2.24, 2.45) is 28.6 Å². The van der Waals surface area contributed by atoms with Crippen molar-refractivity contribution in [2.45, 2.75) is 70.8 Å². The first-order valence-electron chi connectivity index (χ1n) is 9.10. The lowest BCUT2D eigenvalue weighted by Crippen LogP contribution is -2.53. The molecule has 4 rings (SSSR count). The molecule has 118 valence electrons. The molecule has 0 bridgehead atoms. The molecule has 0 aromatic heterocycles. The molecule has 0 aromatic rings. The van der Waals surface area contributed by atoms with Crippen molar-refractivity contribution in [1.29, 1.82) is 0 Å². The van der Waals surface area contributed by atoms with Gasteiger partial charge in [-0.3, -0.25) is 0 Å². The summed E-state index contributed by atoms with van der Waals surface area (Å²) in [5, 5.41) is 20.7. The first kappa shape index (κ1) is 14.3. The molecule has 0 aliphatic heterocycles. The van der Waals surface area contributed by atoms with Crippen molar-refractivity contribution >= 4 is 0 Å². The predicted molar refractivity (Wildman–Crippen MR) is 83.7 cm³/mol. The molecule has 1 unspecified atom stereocenters. The molecule has 0 heterocycles. The smallest absolute Gasteiger partial charge is 0.0596 e. The average Bonchev–Trinajstić information content (AvgIpc) is 2.82. The fourth-order valence-corrected chi connectivity index (χ4v) is 6.80. The minimum absolute atomic E-state index is 0.0863. The van der Waals surface area contributed by atoms with Crippen LogP contribution in [-0.4, -0.2) is 22.9 Å². The van der Waals surface area contributed by atoms with Crippen LogP contribution < -0.4 is 0 Å². The number of hydrogen-bond donors (Lipinski definition) is 2. The third-order valence-corrected chi connectivity index (χ3v) is 7.98. The predicted octanol–water partition coefficient (Wildman–Crippen LogP) is 3.67. The molecule has 4 aliphatic rings. The summed E-state index contributed by atoms with van der Waals surface area (Å²) in [6, 6.07) is 0. The molecule has 2 heteroatoms. The minimum Gasteiger partial charge on any atom is -0.395 e. The molecule has 3 saturated carbocycles. The van der Waals surface area contributed by atoms with Gasteiger partial charge in [0.25, 0.3) is 0 Å². The van der Waals surface area contributed by atoms with E-state index in [2.05, 4.69) is 13.0 Å². The van der Waals surface area contributed by atoms with Crippen molar-refractivity contribution in [3.8, 4) is 0 Å². The van der Waals surface area contributed by atoms with Crippen molar-refractivity contribution in [3.05, 3.63) is 11.6 Å². The van der Waals surface area contributed by atoms with E-state index in [0.717, 1.165) is 18.8 Å². The van der Waals surface area contributed by atoms with Crippen LogP contribution in [0, 0.1) is 28.6 Å². The highest BCUT2D eigenvalue weighted by Crippen LogP contribution is 2.65. The number of allylic oxidation sites excluding steroid dienone is 1. The van der Waals surface area contributed by atoms with Crippen molar-refractivity contribution < 1.29 is 10.2 Å². The molecule has 2 N–H and O–H groups in total. The molecule has 2 nitrogen and oxygen atoms in total. The van der Waals surface area contributed by atoms with E-state index in [4.69, 9.17) is 0 Å². The first-order chi connectivity index (χ1) is 10.1. The molecular formula is C19H30O2. The zero-order valence-electron chi connectivity index (χ0n) is 13.4. The average molecular weight is 290 g/mol. The van der Waals surface area contributed by atoms with E-state index in [9.17, 15) is 10.2 Å². The Morgan fingerprint density at radius 3 is 2.81 bits per heavy atom. The van der Waals surface area contributed by atoms with Gasteiger partial charge in [-0.25, -0.2) is 0 Å². The van der Waals surface area contributed by atoms with Gasteiger partial charge in [-0.05, 0) is 81.0 Å². The number of hydrogen-bond acceptors (Lipinski definition) is 2. The van der Waals surface area contributed by atoms with Crippen LogP contribution in [0.2, 0.25) is 0 Å². The van der Waals surface area contributed by atoms with Gasteiger partial charge in [-0.15, -0.1) is 0 Å². The molecule has 0 saturated heterocycles. The summed E-state index contributed by atoms with van der Waals surface area (Å²) in [5.74, 6) is 2.10. The van der Waals surface area contributed by atoms with Gasteiger partial charge in [0, 0.05) is 5.41 Å². The van der Waals surface area contributed by atoms with Crippen LogP contribution in [-0.2, 0) is 0 Å². The third kappa shape index (κ3) is 1.78. The Hall–Kier alpha value is -0.340. The van der Waals surface area contributed by atoms with Gasteiger partial charge >= 0.3 is 0 Å². The van der Waals surface area contributed by atoms with E-state index >= 15 is 0 Å². The maximum atomic E-state index is 10.5. The van der Waals surface area contributed by atoms with Crippen LogP contribution in [0.5, 0.6) is 0 Å². The van der Waals surface area contributed by atoms with Crippen LogP contribution in [0.3, 0.4) is 0 Å². The molecule has 0 amide bonds. The third-order valence-electron chi connectivity index (χ3n) is 7.98. The van der Waals surface area contributed by atoms with Gasteiger partial charge < -0.3 is 10.2 Å². The van der Waals surface area contributed by atoms with Crippen LogP contribution >= 0.6 is 0 Å². The van der Waals surface area contributed by atoms with Crippen LogP contribution in [0.15, 0.2) is 11.6 Å². The molecular weight excluding hydrogens is 260 g/mol. The Labute approximate surface area is 128 Å². The summed E-state index contributed by atoms with van der Waals surface area (Å²) in [6.07, 6.45) is 13.1. The van der Waals surface area contributed by atoms with E-state index < -0.39 is 0 Å². The highest BCUT2D eigenvalue weighted by Gasteiger charge is 2.59. The van der Waals surface area contributed by atoms with Crippen LogP contribution in [0.4, 0.5) is 0 Å². The van der Waals surface area contributed by atoms with Gasteiger partial charge in [-0.1, -0.05) is 18.6 Å². The van der Waals surface area contributed by atoms with Crippen molar-refractivity contribution in [1.82, 2.24) is 0 Å². The van der Waals surface area contributed by atoms with Crippen LogP contribution in [0.1, 0.15) is 64.7 Å². The monoisotopic (exact) mass is 290 g/mol. The molecule has 0 spiro atoms. The first-order valence-corrected chi connectivity index (χ1v) is 9.10. The molecule has 0 aromatic carbocycles. The summed E-state index contributed by atoms with van der Waals surface area (Å²) >= 11 is 0. The number of aliphatic hydroxyl groups excluding tert-OH is 2. The second-order valence-electron chi connectivity index (χ2n) is 8.49. The Balaban J connectivity index is 1.70. The van der Waals surface area contributed by atoms with Crippen molar-refractivity contribution in [3.63, 3.8) is 0 Å². The molecule has 0 radical (unpaired) electrons.